The summed E-state index contributed by atoms with van der Waals surface area (Å²) in [6.45, 7) is 4.34. The molecule has 1 N–H and O–H groups in total. The molecule has 0 atom stereocenters. The van der Waals surface area contributed by atoms with Gasteiger partial charge in [-0.2, -0.15) is 5.10 Å². The molecule has 0 fully saturated rings. The number of carbonyl (C=O) groups is 1. The Hall–Kier alpha value is -3.48. The Bertz CT molecular complexity index is 1080. The number of fused-ring (bicyclic) bond motifs is 1. The summed E-state index contributed by atoms with van der Waals surface area (Å²) in [5, 5.41) is 7.17. The van der Waals surface area contributed by atoms with E-state index in [4.69, 9.17) is 4.42 Å². The molecule has 3 heterocycles. The second-order valence-electron chi connectivity index (χ2n) is 6.07. The Morgan fingerprint density at radius 2 is 2.12 bits per heavy atom. The van der Waals surface area contributed by atoms with E-state index in [2.05, 4.69) is 20.4 Å². The van der Waals surface area contributed by atoms with Crippen LogP contribution in [0.1, 0.15) is 27.2 Å². The second kappa shape index (κ2) is 6.44. The van der Waals surface area contributed by atoms with E-state index in [0.717, 1.165) is 28.1 Å². The van der Waals surface area contributed by atoms with Gasteiger partial charge in [0.2, 0.25) is 0 Å². The van der Waals surface area contributed by atoms with Crippen LogP contribution in [-0.2, 0) is 6.54 Å². The first kappa shape index (κ1) is 16.0. The molecule has 0 saturated carbocycles. The summed E-state index contributed by atoms with van der Waals surface area (Å²) in [6.07, 6.45) is 6.31. The first-order chi connectivity index (χ1) is 12.6. The fourth-order valence-electron chi connectivity index (χ4n) is 2.85. The highest BCUT2D eigenvalue weighted by Gasteiger charge is 2.15. The van der Waals surface area contributed by atoms with Crippen LogP contribution in [0.5, 0.6) is 0 Å². The van der Waals surface area contributed by atoms with Crippen LogP contribution in [0.15, 0.2) is 53.7 Å². The van der Waals surface area contributed by atoms with Gasteiger partial charge in [0.1, 0.15) is 5.56 Å². The molecular weight excluding hydrogens is 330 g/mol. The topological polar surface area (TPSA) is 85.3 Å². The molecule has 4 rings (SSSR count). The van der Waals surface area contributed by atoms with Gasteiger partial charge in [-0.25, -0.2) is 14.5 Å². The van der Waals surface area contributed by atoms with Crippen molar-refractivity contribution in [3.63, 3.8) is 0 Å². The van der Waals surface area contributed by atoms with Gasteiger partial charge in [0.05, 0.1) is 12.4 Å². The van der Waals surface area contributed by atoms with Crippen LogP contribution in [0.4, 0.5) is 0 Å². The van der Waals surface area contributed by atoms with Crippen molar-refractivity contribution in [2.24, 2.45) is 0 Å². The normalized spacial score (nSPS) is 11.0. The smallest absolute Gasteiger partial charge is 0.257 e. The molecule has 7 nitrogen and oxygen atoms in total. The summed E-state index contributed by atoms with van der Waals surface area (Å²) in [4.78, 5) is 20.7. The number of aromatic nitrogens is 4. The number of carbonyl (C=O) groups excluding carboxylic acids is 1. The van der Waals surface area contributed by atoms with E-state index in [1.807, 2.05) is 38.1 Å². The van der Waals surface area contributed by atoms with Crippen molar-refractivity contribution in [3.8, 4) is 11.3 Å². The maximum absolute atomic E-state index is 12.5. The second-order valence-corrected chi connectivity index (χ2v) is 6.07. The minimum absolute atomic E-state index is 0.197. The molecule has 0 bridgehead atoms. The molecule has 0 spiro atoms. The minimum Gasteiger partial charge on any atom is -0.444 e. The molecule has 3 aromatic heterocycles. The van der Waals surface area contributed by atoms with E-state index in [9.17, 15) is 4.79 Å². The van der Waals surface area contributed by atoms with E-state index in [-0.39, 0.29) is 5.91 Å². The van der Waals surface area contributed by atoms with E-state index in [0.29, 0.717) is 17.8 Å². The van der Waals surface area contributed by atoms with Crippen LogP contribution < -0.4 is 5.32 Å². The molecule has 0 unspecified atom stereocenters. The molecule has 1 aromatic carbocycles. The number of oxazole rings is 1. The lowest BCUT2D eigenvalue weighted by molar-refractivity contribution is 0.0952. The fourth-order valence-corrected chi connectivity index (χ4v) is 2.85. The lowest BCUT2D eigenvalue weighted by atomic mass is 10.0. The van der Waals surface area contributed by atoms with Crippen LogP contribution in [-0.4, -0.2) is 25.5 Å². The monoisotopic (exact) mass is 347 g/mol. The van der Waals surface area contributed by atoms with Crippen molar-refractivity contribution < 1.29 is 9.21 Å². The molecular formula is C19H17N5O2. The van der Waals surface area contributed by atoms with Crippen LogP contribution in [0, 0.1) is 13.8 Å². The summed E-state index contributed by atoms with van der Waals surface area (Å²) in [7, 11) is 0. The van der Waals surface area contributed by atoms with Crippen molar-refractivity contribution in [2.45, 2.75) is 20.4 Å². The standard InChI is InChI=1S/C19H17N5O2/c1-12-7-14(17-10-20-11-26-17)3-4-15(12)8-22-19(25)16-9-23-24-13(2)5-6-21-18(16)24/h3-7,9-11H,8H2,1-2H3,(H,22,25). The third kappa shape index (κ3) is 2.83. The number of hydrogen-bond donors (Lipinski definition) is 1. The molecule has 26 heavy (non-hydrogen) atoms. The highest BCUT2D eigenvalue weighted by Crippen LogP contribution is 2.22. The van der Waals surface area contributed by atoms with Crippen LogP contribution in [0.25, 0.3) is 17.0 Å². The average molecular weight is 347 g/mol. The summed E-state index contributed by atoms with van der Waals surface area (Å²) < 4.78 is 6.97. The van der Waals surface area contributed by atoms with Gasteiger partial charge in [0.25, 0.3) is 5.91 Å². The SMILES string of the molecule is Cc1cc(-c2cnco2)ccc1CNC(=O)c1cnn2c(C)ccnc12. The summed E-state index contributed by atoms with van der Waals surface area (Å²) in [5.41, 5.74) is 4.99. The maximum atomic E-state index is 12.5. The van der Waals surface area contributed by atoms with Gasteiger partial charge in [-0.05, 0) is 37.1 Å². The minimum atomic E-state index is -0.197. The summed E-state index contributed by atoms with van der Waals surface area (Å²) in [5.74, 6) is 0.522. The number of benzene rings is 1. The summed E-state index contributed by atoms with van der Waals surface area (Å²) in [6, 6.07) is 7.80. The van der Waals surface area contributed by atoms with Gasteiger partial charge in [0.15, 0.2) is 17.8 Å². The molecule has 0 aliphatic rings. The number of nitrogens with one attached hydrogen (secondary N) is 1. The molecule has 4 aromatic rings. The third-order valence-electron chi connectivity index (χ3n) is 4.33. The molecule has 130 valence electrons. The van der Waals surface area contributed by atoms with Crippen LogP contribution in [0.2, 0.25) is 0 Å². The van der Waals surface area contributed by atoms with E-state index in [1.54, 1.807) is 23.1 Å². The molecule has 7 heteroatoms. The molecule has 0 aliphatic heterocycles. The highest BCUT2D eigenvalue weighted by atomic mass is 16.3. The Balaban J connectivity index is 1.51. The average Bonchev–Trinajstić information content (AvgIpc) is 3.31. The fraction of sp³-hybridized carbons (Fsp3) is 0.158. The zero-order chi connectivity index (χ0) is 18.1. The third-order valence-corrected chi connectivity index (χ3v) is 4.33. The number of amides is 1. The Morgan fingerprint density at radius 1 is 1.23 bits per heavy atom. The predicted octanol–water partition coefficient (Wildman–Crippen LogP) is 2.93. The molecule has 0 saturated heterocycles. The quantitative estimate of drug-likeness (QED) is 0.613. The first-order valence-electron chi connectivity index (χ1n) is 8.19. The largest absolute Gasteiger partial charge is 0.444 e. The van der Waals surface area contributed by atoms with Gasteiger partial charge in [-0.1, -0.05) is 12.1 Å². The van der Waals surface area contributed by atoms with Crippen molar-refractivity contribution in [2.75, 3.05) is 0 Å². The molecule has 0 radical (unpaired) electrons. The van der Waals surface area contributed by atoms with Crippen molar-refractivity contribution >= 4 is 11.6 Å². The van der Waals surface area contributed by atoms with E-state index < -0.39 is 0 Å². The number of rotatable bonds is 4. The zero-order valence-electron chi connectivity index (χ0n) is 14.4. The highest BCUT2D eigenvalue weighted by molar-refractivity contribution is 5.99. The van der Waals surface area contributed by atoms with Crippen molar-refractivity contribution in [3.05, 3.63) is 71.6 Å². The lowest BCUT2D eigenvalue weighted by Gasteiger charge is -2.09. The Labute approximate surface area is 149 Å². The van der Waals surface area contributed by atoms with Crippen LogP contribution >= 0.6 is 0 Å². The summed E-state index contributed by atoms with van der Waals surface area (Å²) >= 11 is 0. The van der Waals surface area contributed by atoms with Crippen molar-refractivity contribution in [1.82, 2.24) is 24.9 Å². The van der Waals surface area contributed by atoms with Crippen molar-refractivity contribution in [1.29, 1.82) is 0 Å². The number of aryl methyl sites for hydroxylation is 2. The van der Waals surface area contributed by atoms with Crippen LogP contribution in [0.3, 0.4) is 0 Å². The van der Waals surface area contributed by atoms with Gasteiger partial charge < -0.3 is 9.73 Å². The van der Waals surface area contributed by atoms with Gasteiger partial charge in [0, 0.05) is 24.0 Å². The van der Waals surface area contributed by atoms with E-state index >= 15 is 0 Å². The maximum Gasteiger partial charge on any atom is 0.257 e. The predicted molar refractivity (Wildman–Crippen MR) is 95.6 cm³/mol. The zero-order valence-corrected chi connectivity index (χ0v) is 14.4. The van der Waals surface area contributed by atoms with Gasteiger partial charge in [-0.3, -0.25) is 4.79 Å². The van der Waals surface area contributed by atoms with Gasteiger partial charge >= 0.3 is 0 Å². The lowest BCUT2D eigenvalue weighted by Crippen LogP contribution is -2.23. The molecule has 0 aliphatic carbocycles. The molecule has 1 amide bonds. The Morgan fingerprint density at radius 3 is 2.88 bits per heavy atom. The van der Waals surface area contributed by atoms with Gasteiger partial charge in [-0.15, -0.1) is 0 Å². The Kier molecular flexibility index (Phi) is 3.96. The first-order valence-corrected chi connectivity index (χ1v) is 8.19. The van der Waals surface area contributed by atoms with E-state index in [1.165, 1.54) is 6.39 Å². The number of nitrogens with zero attached hydrogens (tertiary/aromatic N) is 4. The number of hydrogen-bond acceptors (Lipinski definition) is 5.